The van der Waals surface area contributed by atoms with Crippen LogP contribution in [0.1, 0.15) is 16.3 Å². The highest BCUT2D eigenvalue weighted by Gasteiger charge is 2.13. The molecule has 0 aliphatic carbocycles. The maximum atomic E-state index is 12.3. The van der Waals surface area contributed by atoms with Crippen LogP contribution in [0.4, 0.5) is 5.82 Å². The molecule has 2 N–H and O–H groups in total. The maximum absolute atomic E-state index is 12.3. The molecule has 134 valence electrons. The molecule has 2 rings (SSSR count). The quantitative estimate of drug-likeness (QED) is 0.681. The van der Waals surface area contributed by atoms with Gasteiger partial charge in [-0.05, 0) is 21.0 Å². The number of hydrogen-bond donors (Lipinski definition) is 2. The zero-order valence-corrected chi connectivity index (χ0v) is 14.8. The van der Waals surface area contributed by atoms with Crippen LogP contribution < -0.4 is 10.6 Å². The van der Waals surface area contributed by atoms with E-state index in [9.17, 15) is 4.79 Å². The molecule has 1 aliphatic heterocycles. The SMILES string of the molecule is Cc1nc(NCCN(C)C)cc(C(=O)NCCN2CCOCC2)n1. The summed E-state index contributed by atoms with van der Waals surface area (Å²) in [7, 11) is 4.03. The van der Waals surface area contributed by atoms with Crippen LogP contribution in [-0.2, 0) is 4.74 Å². The Morgan fingerprint density at radius 1 is 1.29 bits per heavy atom. The average molecular weight is 336 g/mol. The number of carbonyl (C=O) groups is 1. The summed E-state index contributed by atoms with van der Waals surface area (Å²) in [6, 6.07) is 1.70. The van der Waals surface area contributed by atoms with Crippen molar-refractivity contribution in [2.24, 2.45) is 0 Å². The lowest BCUT2D eigenvalue weighted by atomic mass is 10.3. The summed E-state index contributed by atoms with van der Waals surface area (Å²) >= 11 is 0. The molecule has 24 heavy (non-hydrogen) atoms. The Kier molecular flexibility index (Phi) is 7.36. The van der Waals surface area contributed by atoms with E-state index in [4.69, 9.17) is 4.74 Å². The van der Waals surface area contributed by atoms with Crippen LogP contribution in [0.15, 0.2) is 6.07 Å². The van der Waals surface area contributed by atoms with E-state index >= 15 is 0 Å². The molecule has 0 saturated carbocycles. The molecule has 1 aliphatic rings. The molecule has 0 atom stereocenters. The van der Waals surface area contributed by atoms with Gasteiger partial charge < -0.3 is 20.3 Å². The zero-order valence-electron chi connectivity index (χ0n) is 14.8. The minimum Gasteiger partial charge on any atom is -0.379 e. The normalized spacial score (nSPS) is 15.5. The van der Waals surface area contributed by atoms with E-state index < -0.39 is 0 Å². The molecular formula is C16H28N6O2. The molecule has 1 aromatic rings. The molecule has 1 fully saturated rings. The van der Waals surface area contributed by atoms with E-state index in [1.807, 2.05) is 14.1 Å². The lowest BCUT2D eigenvalue weighted by Gasteiger charge is -2.26. The van der Waals surface area contributed by atoms with Crippen molar-refractivity contribution in [1.29, 1.82) is 0 Å². The summed E-state index contributed by atoms with van der Waals surface area (Å²) < 4.78 is 5.31. The smallest absolute Gasteiger partial charge is 0.270 e. The third-order valence-electron chi connectivity index (χ3n) is 3.75. The third-order valence-corrected chi connectivity index (χ3v) is 3.75. The standard InChI is InChI=1S/C16H28N6O2/c1-13-19-14(12-15(20-13)17-4-6-21(2)3)16(23)18-5-7-22-8-10-24-11-9-22/h12H,4-11H2,1-3H3,(H,18,23)(H,17,19,20). The molecule has 2 heterocycles. The molecule has 1 saturated heterocycles. The van der Waals surface area contributed by atoms with Gasteiger partial charge in [-0.1, -0.05) is 0 Å². The highest BCUT2D eigenvalue weighted by molar-refractivity contribution is 5.92. The summed E-state index contributed by atoms with van der Waals surface area (Å²) in [6.45, 7) is 8.25. The predicted octanol–water partition coefficient (Wildman–Crippen LogP) is -0.179. The topological polar surface area (TPSA) is 82.6 Å². The maximum Gasteiger partial charge on any atom is 0.270 e. The summed E-state index contributed by atoms with van der Waals surface area (Å²) in [5, 5.41) is 6.15. The monoisotopic (exact) mass is 336 g/mol. The van der Waals surface area contributed by atoms with Crippen molar-refractivity contribution in [2.45, 2.75) is 6.92 Å². The van der Waals surface area contributed by atoms with Gasteiger partial charge in [0.05, 0.1) is 13.2 Å². The zero-order chi connectivity index (χ0) is 17.4. The highest BCUT2D eigenvalue weighted by atomic mass is 16.5. The van der Waals surface area contributed by atoms with Gasteiger partial charge in [0, 0.05) is 45.3 Å². The summed E-state index contributed by atoms with van der Waals surface area (Å²) in [4.78, 5) is 25.2. The van der Waals surface area contributed by atoms with E-state index in [-0.39, 0.29) is 5.91 Å². The van der Waals surface area contributed by atoms with Crippen molar-refractivity contribution in [3.05, 3.63) is 17.6 Å². The number of aryl methyl sites for hydroxylation is 1. The molecular weight excluding hydrogens is 308 g/mol. The Hall–Kier alpha value is -1.77. The summed E-state index contributed by atoms with van der Waals surface area (Å²) in [6.07, 6.45) is 0. The fraction of sp³-hybridized carbons (Fsp3) is 0.688. The Bertz CT molecular complexity index is 531. The number of ether oxygens (including phenoxy) is 1. The number of aromatic nitrogens is 2. The van der Waals surface area contributed by atoms with Gasteiger partial charge in [-0.3, -0.25) is 9.69 Å². The molecule has 1 amide bonds. The Morgan fingerprint density at radius 2 is 2.04 bits per heavy atom. The summed E-state index contributed by atoms with van der Waals surface area (Å²) in [5.74, 6) is 1.11. The first-order valence-electron chi connectivity index (χ1n) is 8.37. The van der Waals surface area contributed by atoms with Gasteiger partial charge in [0.2, 0.25) is 0 Å². The molecule has 0 spiro atoms. The number of carbonyl (C=O) groups excluding carboxylic acids is 1. The first-order chi connectivity index (χ1) is 11.5. The molecule has 0 aromatic carbocycles. The molecule has 8 nitrogen and oxygen atoms in total. The van der Waals surface area contributed by atoms with Crippen LogP contribution in [0.25, 0.3) is 0 Å². The van der Waals surface area contributed by atoms with E-state index in [0.29, 0.717) is 23.9 Å². The van der Waals surface area contributed by atoms with E-state index in [2.05, 4.69) is 30.4 Å². The number of hydrogen-bond acceptors (Lipinski definition) is 7. The van der Waals surface area contributed by atoms with Gasteiger partial charge in [-0.15, -0.1) is 0 Å². The fourth-order valence-corrected chi connectivity index (χ4v) is 2.43. The number of nitrogens with zero attached hydrogens (tertiary/aromatic N) is 4. The minimum atomic E-state index is -0.163. The Labute approximate surface area is 143 Å². The Balaban J connectivity index is 1.82. The molecule has 1 aromatic heterocycles. The van der Waals surface area contributed by atoms with Crippen LogP contribution in [-0.4, -0.2) is 92.3 Å². The predicted molar refractivity (Wildman–Crippen MR) is 93.4 cm³/mol. The first kappa shape index (κ1) is 18.6. The van der Waals surface area contributed by atoms with Gasteiger partial charge in [-0.2, -0.15) is 0 Å². The van der Waals surface area contributed by atoms with Crippen molar-refractivity contribution in [3.8, 4) is 0 Å². The molecule has 0 unspecified atom stereocenters. The lowest BCUT2D eigenvalue weighted by molar-refractivity contribution is 0.0383. The lowest BCUT2D eigenvalue weighted by Crippen LogP contribution is -2.41. The van der Waals surface area contributed by atoms with Crippen molar-refractivity contribution in [1.82, 2.24) is 25.1 Å². The number of rotatable bonds is 8. The van der Waals surface area contributed by atoms with Gasteiger partial charge >= 0.3 is 0 Å². The second-order valence-corrected chi connectivity index (χ2v) is 6.13. The van der Waals surface area contributed by atoms with Crippen molar-refractivity contribution in [2.75, 3.05) is 71.9 Å². The Morgan fingerprint density at radius 3 is 2.75 bits per heavy atom. The largest absolute Gasteiger partial charge is 0.379 e. The number of amides is 1. The number of likely N-dealkylation sites (N-methyl/N-ethyl adjacent to an activating group) is 1. The fourth-order valence-electron chi connectivity index (χ4n) is 2.43. The highest BCUT2D eigenvalue weighted by Crippen LogP contribution is 2.06. The van der Waals surface area contributed by atoms with Gasteiger partial charge in [0.25, 0.3) is 5.91 Å². The van der Waals surface area contributed by atoms with Crippen LogP contribution in [0, 0.1) is 6.92 Å². The van der Waals surface area contributed by atoms with Gasteiger partial charge in [-0.25, -0.2) is 9.97 Å². The van der Waals surface area contributed by atoms with Crippen LogP contribution in [0.5, 0.6) is 0 Å². The second-order valence-electron chi connectivity index (χ2n) is 6.13. The molecule has 8 heteroatoms. The molecule has 0 bridgehead atoms. The number of nitrogens with one attached hydrogen (secondary N) is 2. The van der Waals surface area contributed by atoms with Crippen LogP contribution in [0.3, 0.4) is 0 Å². The van der Waals surface area contributed by atoms with Crippen LogP contribution in [0.2, 0.25) is 0 Å². The van der Waals surface area contributed by atoms with Gasteiger partial charge in [0.15, 0.2) is 0 Å². The van der Waals surface area contributed by atoms with Gasteiger partial charge in [0.1, 0.15) is 17.3 Å². The van der Waals surface area contributed by atoms with E-state index in [1.165, 1.54) is 0 Å². The second kappa shape index (κ2) is 9.51. The van der Waals surface area contributed by atoms with Crippen LogP contribution >= 0.6 is 0 Å². The van der Waals surface area contributed by atoms with Crippen molar-refractivity contribution < 1.29 is 9.53 Å². The summed E-state index contributed by atoms with van der Waals surface area (Å²) in [5.41, 5.74) is 0.400. The van der Waals surface area contributed by atoms with Crippen molar-refractivity contribution in [3.63, 3.8) is 0 Å². The third kappa shape index (κ3) is 6.38. The number of anilines is 1. The molecule has 0 radical (unpaired) electrons. The van der Waals surface area contributed by atoms with E-state index in [1.54, 1.807) is 13.0 Å². The van der Waals surface area contributed by atoms with E-state index in [0.717, 1.165) is 45.9 Å². The number of morpholine rings is 1. The average Bonchev–Trinajstić information content (AvgIpc) is 2.55. The van der Waals surface area contributed by atoms with Crippen molar-refractivity contribution >= 4 is 11.7 Å². The first-order valence-corrected chi connectivity index (χ1v) is 8.37. The minimum absolute atomic E-state index is 0.163.